The number of aromatic amines is 1. The van der Waals surface area contributed by atoms with E-state index in [1.54, 1.807) is 0 Å². The van der Waals surface area contributed by atoms with Crippen molar-refractivity contribution >= 4 is 11.9 Å². The molecule has 0 bridgehead atoms. The number of carbonyl (C=O) groups is 1. The Balaban J connectivity index is 2.39. The van der Waals surface area contributed by atoms with Gasteiger partial charge in [0.1, 0.15) is 0 Å². The number of aromatic nitrogens is 3. The number of nitrogens with zero attached hydrogens (tertiary/aromatic N) is 2. The first-order chi connectivity index (χ1) is 9.86. The third-order valence-corrected chi connectivity index (χ3v) is 4.11. The van der Waals surface area contributed by atoms with E-state index in [-0.39, 0.29) is 17.9 Å². The molecule has 0 aliphatic heterocycles. The first-order valence-corrected chi connectivity index (χ1v) is 6.71. The average molecular weight is 288 g/mol. The zero-order chi connectivity index (χ0) is 15.7. The van der Waals surface area contributed by atoms with E-state index in [4.69, 9.17) is 4.74 Å². The van der Waals surface area contributed by atoms with Gasteiger partial charge in [0.15, 0.2) is 0 Å². The Morgan fingerprint density at radius 3 is 2.00 bits per heavy atom. The standard InChI is InChI=1S/C15H20N4O2/c1-7-8(2)10(4)12(11(5)9(7)3)13(20)16-14-17-15(21-6)19-18-14/h1-6H3,(H2,16,17,18,19,20). The van der Waals surface area contributed by atoms with E-state index in [1.807, 2.05) is 27.7 Å². The van der Waals surface area contributed by atoms with Crippen LogP contribution in [0.2, 0.25) is 0 Å². The molecule has 0 saturated heterocycles. The second-order valence-electron chi connectivity index (χ2n) is 5.12. The van der Waals surface area contributed by atoms with E-state index in [1.165, 1.54) is 12.7 Å². The zero-order valence-corrected chi connectivity index (χ0v) is 13.2. The summed E-state index contributed by atoms with van der Waals surface area (Å²) in [6.45, 7) is 10.1. The summed E-state index contributed by atoms with van der Waals surface area (Å²) in [6.07, 6.45) is 0. The van der Waals surface area contributed by atoms with E-state index in [2.05, 4.69) is 27.4 Å². The highest BCUT2D eigenvalue weighted by atomic mass is 16.5. The molecule has 0 aliphatic rings. The highest BCUT2D eigenvalue weighted by molar-refractivity contribution is 6.06. The van der Waals surface area contributed by atoms with E-state index in [9.17, 15) is 4.79 Å². The van der Waals surface area contributed by atoms with Gasteiger partial charge >= 0.3 is 6.01 Å². The van der Waals surface area contributed by atoms with E-state index >= 15 is 0 Å². The second kappa shape index (κ2) is 5.55. The quantitative estimate of drug-likeness (QED) is 0.909. The number of rotatable bonds is 3. The maximum atomic E-state index is 12.5. The molecule has 2 rings (SSSR count). The Kier molecular flexibility index (Phi) is 3.97. The molecule has 0 saturated carbocycles. The highest BCUT2D eigenvalue weighted by Gasteiger charge is 2.19. The summed E-state index contributed by atoms with van der Waals surface area (Å²) < 4.78 is 4.88. The molecule has 0 fully saturated rings. The lowest BCUT2D eigenvalue weighted by Gasteiger charge is -2.17. The SMILES string of the molecule is COc1n[nH]c(NC(=O)c2c(C)c(C)c(C)c(C)c2C)n1. The predicted octanol–water partition coefficient (Wildman–Crippen LogP) is 2.61. The van der Waals surface area contributed by atoms with Crippen molar-refractivity contribution in [3.8, 4) is 6.01 Å². The molecule has 0 spiro atoms. The molecule has 6 nitrogen and oxygen atoms in total. The zero-order valence-electron chi connectivity index (χ0n) is 13.2. The van der Waals surface area contributed by atoms with Crippen molar-refractivity contribution in [3.63, 3.8) is 0 Å². The fraction of sp³-hybridized carbons (Fsp3) is 0.400. The van der Waals surface area contributed by atoms with Gasteiger partial charge in [0.25, 0.3) is 5.91 Å². The molecule has 2 aromatic rings. The molecule has 21 heavy (non-hydrogen) atoms. The Morgan fingerprint density at radius 1 is 1.00 bits per heavy atom. The molecule has 2 N–H and O–H groups in total. The van der Waals surface area contributed by atoms with Crippen molar-refractivity contribution in [2.75, 3.05) is 12.4 Å². The van der Waals surface area contributed by atoms with Gasteiger partial charge in [-0.15, -0.1) is 5.10 Å². The minimum Gasteiger partial charge on any atom is -0.466 e. The highest BCUT2D eigenvalue weighted by Crippen LogP contribution is 2.26. The molecular formula is C15H20N4O2. The molecule has 0 aliphatic carbocycles. The molecule has 6 heteroatoms. The summed E-state index contributed by atoms with van der Waals surface area (Å²) in [7, 11) is 1.47. The number of anilines is 1. The largest absolute Gasteiger partial charge is 0.466 e. The van der Waals surface area contributed by atoms with Gasteiger partial charge in [-0.2, -0.15) is 4.98 Å². The van der Waals surface area contributed by atoms with Crippen molar-refractivity contribution in [2.45, 2.75) is 34.6 Å². The molecule has 112 valence electrons. The molecular weight excluding hydrogens is 268 g/mol. The Bertz CT molecular complexity index is 675. The average Bonchev–Trinajstić information content (AvgIpc) is 2.90. The van der Waals surface area contributed by atoms with Crippen LogP contribution in [0.25, 0.3) is 0 Å². The van der Waals surface area contributed by atoms with Crippen LogP contribution in [0.5, 0.6) is 6.01 Å². The topological polar surface area (TPSA) is 79.9 Å². The monoisotopic (exact) mass is 288 g/mol. The van der Waals surface area contributed by atoms with Crippen molar-refractivity contribution in [3.05, 3.63) is 33.4 Å². The van der Waals surface area contributed by atoms with E-state index in [0.717, 1.165) is 22.3 Å². The maximum Gasteiger partial charge on any atom is 0.336 e. The van der Waals surface area contributed by atoms with Gasteiger partial charge in [-0.3, -0.25) is 10.1 Å². The minimum atomic E-state index is -0.199. The molecule has 1 aromatic carbocycles. The van der Waals surface area contributed by atoms with Crippen LogP contribution in [0, 0.1) is 34.6 Å². The van der Waals surface area contributed by atoms with Gasteiger partial charge in [-0.25, -0.2) is 5.10 Å². The minimum absolute atomic E-state index is 0.190. The summed E-state index contributed by atoms with van der Waals surface area (Å²) in [5.74, 6) is 0.0709. The van der Waals surface area contributed by atoms with E-state index < -0.39 is 0 Å². The molecule has 0 unspecified atom stereocenters. The summed E-state index contributed by atoms with van der Waals surface area (Å²) in [5, 5.41) is 9.14. The number of nitrogens with one attached hydrogen (secondary N) is 2. The Morgan fingerprint density at radius 2 is 1.52 bits per heavy atom. The number of benzene rings is 1. The summed E-state index contributed by atoms with van der Waals surface area (Å²) >= 11 is 0. The fourth-order valence-electron chi connectivity index (χ4n) is 2.40. The normalized spacial score (nSPS) is 10.6. The number of ether oxygens (including phenoxy) is 1. The van der Waals surface area contributed by atoms with Crippen molar-refractivity contribution in [2.24, 2.45) is 0 Å². The predicted molar refractivity (Wildman–Crippen MR) is 81.0 cm³/mol. The van der Waals surface area contributed by atoms with Crippen molar-refractivity contribution in [1.82, 2.24) is 15.2 Å². The number of carbonyl (C=O) groups excluding carboxylic acids is 1. The lowest BCUT2D eigenvalue weighted by molar-refractivity contribution is 0.102. The third-order valence-electron chi connectivity index (χ3n) is 4.11. The van der Waals surface area contributed by atoms with Crippen LogP contribution in [0.3, 0.4) is 0 Å². The van der Waals surface area contributed by atoms with Gasteiger partial charge in [-0.1, -0.05) is 0 Å². The number of hydrogen-bond donors (Lipinski definition) is 2. The van der Waals surface area contributed by atoms with Crippen LogP contribution in [-0.4, -0.2) is 28.2 Å². The lowest BCUT2D eigenvalue weighted by Crippen LogP contribution is -2.18. The third kappa shape index (κ3) is 2.61. The smallest absolute Gasteiger partial charge is 0.336 e. The van der Waals surface area contributed by atoms with Crippen LogP contribution in [-0.2, 0) is 0 Å². The number of amides is 1. The van der Waals surface area contributed by atoms with Gasteiger partial charge in [0.05, 0.1) is 7.11 Å². The van der Waals surface area contributed by atoms with Crippen LogP contribution in [0.15, 0.2) is 0 Å². The maximum absolute atomic E-state index is 12.5. The van der Waals surface area contributed by atoms with Crippen LogP contribution >= 0.6 is 0 Å². The molecule has 1 amide bonds. The van der Waals surface area contributed by atoms with Crippen LogP contribution in [0.4, 0.5) is 5.95 Å². The van der Waals surface area contributed by atoms with Gasteiger partial charge in [0, 0.05) is 5.56 Å². The molecule has 0 radical (unpaired) electrons. The fourth-order valence-corrected chi connectivity index (χ4v) is 2.40. The first kappa shape index (κ1) is 15.0. The molecule has 0 atom stereocenters. The lowest BCUT2D eigenvalue weighted by atomic mass is 9.89. The van der Waals surface area contributed by atoms with Crippen LogP contribution in [0.1, 0.15) is 38.2 Å². The van der Waals surface area contributed by atoms with Gasteiger partial charge in [0.2, 0.25) is 5.95 Å². The number of methoxy groups -OCH3 is 1. The van der Waals surface area contributed by atoms with Gasteiger partial charge < -0.3 is 4.74 Å². The summed E-state index contributed by atoms with van der Waals surface area (Å²) in [5.41, 5.74) is 6.16. The molecule has 1 heterocycles. The second-order valence-corrected chi connectivity index (χ2v) is 5.12. The van der Waals surface area contributed by atoms with Crippen molar-refractivity contribution < 1.29 is 9.53 Å². The molecule has 1 aromatic heterocycles. The first-order valence-electron chi connectivity index (χ1n) is 6.71. The Hall–Kier alpha value is -2.37. The summed E-state index contributed by atoms with van der Waals surface area (Å²) in [4.78, 5) is 16.5. The van der Waals surface area contributed by atoms with E-state index in [0.29, 0.717) is 5.56 Å². The van der Waals surface area contributed by atoms with Crippen molar-refractivity contribution in [1.29, 1.82) is 0 Å². The van der Waals surface area contributed by atoms with Gasteiger partial charge in [-0.05, 0) is 62.4 Å². The Labute approximate surface area is 123 Å². The number of hydrogen-bond acceptors (Lipinski definition) is 4. The number of H-pyrrole nitrogens is 1. The summed E-state index contributed by atoms with van der Waals surface area (Å²) in [6, 6.07) is 0.190. The van der Waals surface area contributed by atoms with Crippen LogP contribution < -0.4 is 10.1 Å².